The van der Waals surface area contributed by atoms with Gasteiger partial charge in [0, 0.05) is 24.2 Å². The van der Waals surface area contributed by atoms with Gasteiger partial charge in [0.25, 0.3) is 0 Å². The van der Waals surface area contributed by atoms with Crippen molar-refractivity contribution in [2.75, 3.05) is 6.61 Å². The third kappa shape index (κ3) is 2.43. The summed E-state index contributed by atoms with van der Waals surface area (Å²) >= 11 is 0. The predicted octanol–water partition coefficient (Wildman–Crippen LogP) is 4.15. The van der Waals surface area contributed by atoms with E-state index in [2.05, 4.69) is 33.8 Å². The van der Waals surface area contributed by atoms with Crippen LogP contribution >= 0.6 is 0 Å². The molecule has 0 amide bonds. The van der Waals surface area contributed by atoms with Crippen molar-refractivity contribution in [3.63, 3.8) is 0 Å². The summed E-state index contributed by atoms with van der Waals surface area (Å²) in [7, 11) is 0. The first-order valence-corrected chi connectivity index (χ1v) is 13.2. The lowest BCUT2D eigenvalue weighted by molar-refractivity contribution is -0.338. The molecule has 0 aromatic carbocycles. The first-order chi connectivity index (χ1) is 15.0. The van der Waals surface area contributed by atoms with Crippen LogP contribution in [0.1, 0.15) is 85.5 Å². The molecular formula is C27H42O5. The first kappa shape index (κ1) is 22.0. The lowest BCUT2D eigenvalue weighted by Crippen LogP contribution is -2.61. The average molecular weight is 447 g/mol. The fourth-order valence-electron chi connectivity index (χ4n) is 9.66. The summed E-state index contributed by atoms with van der Waals surface area (Å²) in [6.07, 6.45) is 10.1. The van der Waals surface area contributed by atoms with E-state index in [0.717, 1.165) is 51.4 Å². The number of allylic oxidation sites excluding steroid dienone is 1. The minimum absolute atomic E-state index is 0.142. The standard InChI is InChI=1S/C27H42O5/c1-16-7-12-25(31-15-16)17(2)27(30)24(4)11-9-21-20(22(24)14-26(27,29)32-25)6-5-18-13-19(28)8-10-23(18,21)3/h5,16-17,19-22,28-30H,6-15H2,1-4H3. The fourth-order valence-corrected chi connectivity index (χ4v) is 9.66. The second-order valence-electron chi connectivity index (χ2n) is 13.0. The van der Waals surface area contributed by atoms with E-state index in [0.29, 0.717) is 30.8 Å². The van der Waals surface area contributed by atoms with E-state index < -0.39 is 22.6 Å². The molecule has 0 aromatic rings. The van der Waals surface area contributed by atoms with Crippen molar-refractivity contribution in [1.29, 1.82) is 0 Å². The summed E-state index contributed by atoms with van der Waals surface area (Å²) in [5.41, 5.74) is -0.106. The minimum Gasteiger partial charge on any atom is -0.393 e. The number of fused-ring (bicyclic) bond motifs is 7. The number of hydrogen-bond acceptors (Lipinski definition) is 5. The van der Waals surface area contributed by atoms with Gasteiger partial charge >= 0.3 is 0 Å². The van der Waals surface area contributed by atoms with Gasteiger partial charge < -0.3 is 24.8 Å². The van der Waals surface area contributed by atoms with Crippen molar-refractivity contribution in [1.82, 2.24) is 0 Å². The maximum Gasteiger partial charge on any atom is 0.199 e. The van der Waals surface area contributed by atoms with Crippen molar-refractivity contribution >= 4 is 0 Å². The molecular weight excluding hydrogens is 404 g/mol. The van der Waals surface area contributed by atoms with Gasteiger partial charge in [-0.1, -0.05) is 39.3 Å². The molecule has 6 rings (SSSR count). The van der Waals surface area contributed by atoms with Gasteiger partial charge in [-0.3, -0.25) is 0 Å². The maximum atomic E-state index is 12.4. The number of aliphatic hydroxyl groups excluding tert-OH is 1. The Balaban J connectivity index is 1.36. The molecule has 11 unspecified atom stereocenters. The molecule has 0 bridgehead atoms. The lowest BCUT2D eigenvalue weighted by atomic mass is 9.46. The van der Waals surface area contributed by atoms with Crippen LogP contribution in [0.3, 0.4) is 0 Å². The van der Waals surface area contributed by atoms with E-state index in [1.54, 1.807) is 0 Å². The van der Waals surface area contributed by atoms with Gasteiger partial charge in [-0.05, 0) is 74.0 Å². The average Bonchev–Trinajstić information content (AvgIpc) is 3.04. The number of rotatable bonds is 0. The Morgan fingerprint density at radius 3 is 2.50 bits per heavy atom. The van der Waals surface area contributed by atoms with Gasteiger partial charge in [-0.15, -0.1) is 0 Å². The third-order valence-electron chi connectivity index (χ3n) is 11.7. The molecule has 5 heteroatoms. The molecule has 5 nitrogen and oxygen atoms in total. The van der Waals surface area contributed by atoms with Gasteiger partial charge in [-0.2, -0.15) is 0 Å². The van der Waals surface area contributed by atoms with Crippen molar-refractivity contribution in [2.45, 2.75) is 109 Å². The number of hydrogen-bond donors (Lipinski definition) is 3. The van der Waals surface area contributed by atoms with Crippen molar-refractivity contribution in [3.05, 3.63) is 11.6 Å². The van der Waals surface area contributed by atoms with Crippen LogP contribution < -0.4 is 0 Å². The first-order valence-electron chi connectivity index (χ1n) is 13.2. The van der Waals surface area contributed by atoms with Crippen LogP contribution in [0.2, 0.25) is 0 Å². The Bertz CT molecular complexity index is 832. The topological polar surface area (TPSA) is 79.2 Å². The zero-order chi connectivity index (χ0) is 22.7. The predicted molar refractivity (Wildman–Crippen MR) is 120 cm³/mol. The Kier molecular flexibility index (Phi) is 4.54. The summed E-state index contributed by atoms with van der Waals surface area (Å²) in [6.45, 7) is 9.50. The zero-order valence-corrected chi connectivity index (χ0v) is 20.3. The van der Waals surface area contributed by atoms with Crippen molar-refractivity contribution in [2.24, 2.45) is 40.4 Å². The Morgan fingerprint density at radius 2 is 1.78 bits per heavy atom. The Hall–Kier alpha value is -0.460. The van der Waals surface area contributed by atoms with Crippen LogP contribution in [0.15, 0.2) is 11.6 Å². The molecule has 3 N–H and O–H groups in total. The monoisotopic (exact) mass is 446 g/mol. The Labute approximate surface area is 192 Å². The van der Waals surface area contributed by atoms with Crippen molar-refractivity contribution < 1.29 is 24.8 Å². The normalized spacial score (nSPS) is 61.5. The molecule has 2 heterocycles. The second kappa shape index (κ2) is 6.60. The van der Waals surface area contributed by atoms with E-state index in [4.69, 9.17) is 9.47 Å². The van der Waals surface area contributed by atoms with E-state index in [-0.39, 0.29) is 23.4 Å². The van der Waals surface area contributed by atoms with Crippen LogP contribution in [-0.4, -0.2) is 45.2 Å². The highest BCUT2D eigenvalue weighted by molar-refractivity contribution is 5.30. The summed E-state index contributed by atoms with van der Waals surface area (Å²) in [5.74, 6) is -0.987. The fraction of sp³-hybridized carbons (Fsp3) is 0.926. The van der Waals surface area contributed by atoms with Crippen LogP contribution in [-0.2, 0) is 9.47 Å². The summed E-state index contributed by atoms with van der Waals surface area (Å²) < 4.78 is 12.8. The summed E-state index contributed by atoms with van der Waals surface area (Å²) in [5, 5.41) is 34.6. The molecule has 0 aromatic heterocycles. The molecule has 2 saturated heterocycles. The van der Waals surface area contributed by atoms with Gasteiger partial charge in [0.05, 0.1) is 12.7 Å². The van der Waals surface area contributed by atoms with Crippen LogP contribution in [0, 0.1) is 40.4 Å². The highest BCUT2D eigenvalue weighted by Gasteiger charge is 2.82. The molecule has 2 aliphatic heterocycles. The lowest BCUT2D eigenvalue weighted by Gasteiger charge is -2.59. The van der Waals surface area contributed by atoms with E-state index in [9.17, 15) is 15.3 Å². The summed E-state index contributed by atoms with van der Waals surface area (Å²) in [4.78, 5) is 0. The van der Waals surface area contributed by atoms with E-state index in [1.807, 2.05) is 0 Å². The third-order valence-corrected chi connectivity index (χ3v) is 11.7. The molecule has 4 aliphatic carbocycles. The molecule has 5 fully saturated rings. The molecule has 1 spiro atoms. The Morgan fingerprint density at radius 1 is 1.00 bits per heavy atom. The number of ether oxygens (including phenoxy) is 2. The quantitative estimate of drug-likeness (QED) is 0.487. The minimum atomic E-state index is -1.55. The molecule has 180 valence electrons. The van der Waals surface area contributed by atoms with Gasteiger partial charge in [0.2, 0.25) is 0 Å². The van der Waals surface area contributed by atoms with Crippen LogP contribution in [0.5, 0.6) is 0 Å². The molecule has 11 atom stereocenters. The van der Waals surface area contributed by atoms with Crippen molar-refractivity contribution in [3.8, 4) is 0 Å². The molecule has 6 aliphatic rings. The SMILES string of the molecule is CC1CCC2(OC1)OC1(O)CC3C4CC=C5CC(O)CCC5(C)C4CCC3(C)C1(O)C2C. The van der Waals surface area contributed by atoms with E-state index in [1.165, 1.54) is 5.57 Å². The zero-order valence-electron chi connectivity index (χ0n) is 20.3. The maximum absolute atomic E-state index is 12.4. The molecule has 32 heavy (non-hydrogen) atoms. The molecule has 0 radical (unpaired) electrons. The highest BCUT2D eigenvalue weighted by Crippen LogP contribution is 2.74. The van der Waals surface area contributed by atoms with Crippen LogP contribution in [0.4, 0.5) is 0 Å². The second-order valence-corrected chi connectivity index (χ2v) is 13.0. The summed E-state index contributed by atoms with van der Waals surface area (Å²) in [6, 6.07) is 0. The largest absolute Gasteiger partial charge is 0.393 e. The highest BCUT2D eigenvalue weighted by atomic mass is 16.8. The van der Waals surface area contributed by atoms with Gasteiger partial charge in [-0.25, -0.2) is 0 Å². The molecule has 3 saturated carbocycles. The smallest absolute Gasteiger partial charge is 0.199 e. The van der Waals surface area contributed by atoms with Gasteiger partial charge in [0.15, 0.2) is 11.6 Å². The van der Waals surface area contributed by atoms with Crippen LogP contribution in [0.25, 0.3) is 0 Å². The van der Waals surface area contributed by atoms with Gasteiger partial charge in [0.1, 0.15) is 5.60 Å². The number of aliphatic hydroxyl groups is 3. The van der Waals surface area contributed by atoms with E-state index >= 15 is 0 Å².